The van der Waals surface area contributed by atoms with Gasteiger partial charge in [0.15, 0.2) is 0 Å². The summed E-state index contributed by atoms with van der Waals surface area (Å²) in [7, 11) is 1.93. The molecule has 22 heavy (non-hydrogen) atoms. The first kappa shape index (κ1) is 14.3. The van der Waals surface area contributed by atoms with Crippen LogP contribution in [0.5, 0.6) is 0 Å². The minimum absolute atomic E-state index is 0.0148. The number of aromatic nitrogens is 2. The second-order valence-electron chi connectivity index (χ2n) is 5.36. The number of aryl methyl sites for hydroxylation is 1. The van der Waals surface area contributed by atoms with E-state index in [2.05, 4.69) is 10.3 Å². The van der Waals surface area contributed by atoms with Gasteiger partial charge in [0.05, 0.1) is 30.8 Å². The Balaban J connectivity index is 1.57. The normalized spacial score (nSPS) is 13.6. The molecule has 0 saturated carbocycles. The molecule has 0 fully saturated rings. The van der Waals surface area contributed by atoms with Crippen LogP contribution in [0.3, 0.4) is 0 Å². The standard InChI is InChI=1S/C16H18N4O2/c1-19-11-18-13-7-8-20(10-14(13)19)15(21)9-17-16(22)12-5-3-2-4-6-12/h2-6,11H,7-10H2,1H3,(H,17,22). The van der Waals surface area contributed by atoms with E-state index in [9.17, 15) is 9.59 Å². The number of nitrogens with one attached hydrogen (secondary N) is 1. The molecule has 0 bridgehead atoms. The minimum Gasteiger partial charge on any atom is -0.343 e. The minimum atomic E-state index is -0.229. The number of carbonyl (C=O) groups is 2. The average Bonchev–Trinajstić information content (AvgIpc) is 2.94. The Morgan fingerprint density at radius 3 is 2.82 bits per heavy atom. The van der Waals surface area contributed by atoms with E-state index in [1.807, 2.05) is 17.7 Å². The quantitative estimate of drug-likeness (QED) is 0.908. The molecule has 3 rings (SSSR count). The van der Waals surface area contributed by atoms with Crippen molar-refractivity contribution in [3.63, 3.8) is 0 Å². The van der Waals surface area contributed by atoms with Crippen molar-refractivity contribution in [2.45, 2.75) is 13.0 Å². The van der Waals surface area contributed by atoms with Crippen LogP contribution >= 0.6 is 0 Å². The van der Waals surface area contributed by atoms with Crippen LogP contribution in [0.15, 0.2) is 36.7 Å². The number of carbonyl (C=O) groups excluding carboxylic acids is 2. The molecule has 0 spiro atoms. The largest absolute Gasteiger partial charge is 0.343 e. The first-order valence-electron chi connectivity index (χ1n) is 7.25. The van der Waals surface area contributed by atoms with Crippen molar-refractivity contribution in [3.8, 4) is 0 Å². The van der Waals surface area contributed by atoms with Gasteiger partial charge in [0.25, 0.3) is 5.91 Å². The maximum atomic E-state index is 12.3. The van der Waals surface area contributed by atoms with Gasteiger partial charge in [-0.2, -0.15) is 0 Å². The van der Waals surface area contributed by atoms with Crippen molar-refractivity contribution in [2.24, 2.45) is 7.05 Å². The highest BCUT2D eigenvalue weighted by molar-refractivity contribution is 5.96. The van der Waals surface area contributed by atoms with Crippen LogP contribution in [0.4, 0.5) is 0 Å². The number of hydrogen-bond donors (Lipinski definition) is 1. The van der Waals surface area contributed by atoms with Crippen molar-refractivity contribution in [1.29, 1.82) is 0 Å². The lowest BCUT2D eigenvalue weighted by atomic mass is 10.1. The average molecular weight is 298 g/mol. The summed E-state index contributed by atoms with van der Waals surface area (Å²) in [4.78, 5) is 30.3. The highest BCUT2D eigenvalue weighted by atomic mass is 16.2. The molecule has 1 aromatic heterocycles. The fraction of sp³-hybridized carbons (Fsp3) is 0.312. The first-order chi connectivity index (χ1) is 10.6. The smallest absolute Gasteiger partial charge is 0.251 e. The van der Waals surface area contributed by atoms with E-state index in [4.69, 9.17) is 0 Å². The number of fused-ring (bicyclic) bond motifs is 1. The number of imidazole rings is 1. The van der Waals surface area contributed by atoms with E-state index in [1.165, 1.54) is 0 Å². The summed E-state index contributed by atoms with van der Waals surface area (Å²) >= 11 is 0. The van der Waals surface area contributed by atoms with Crippen molar-refractivity contribution < 1.29 is 9.59 Å². The van der Waals surface area contributed by atoms with Crippen LogP contribution < -0.4 is 5.32 Å². The van der Waals surface area contributed by atoms with Crippen LogP contribution in [0, 0.1) is 0 Å². The third kappa shape index (κ3) is 2.86. The van der Waals surface area contributed by atoms with Crippen molar-refractivity contribution in [2.75, 3.05) is 13.1 Å². The second kappa shape index (κ2) is 6.01. The monoisotopic (exact) mass is 298 g/mol. The predicted octanol–water partition coefficient (Wildman–Crippen LogP) is 0.735. The molecule has 0 unspecified atom stereocenters. The Labute approximate surface area is 128 Å². The molecule has 1 aliphatic rings. The van der Waals surface area contributed by atoms with Crippen LogP contribution in [0.25, 0.3) is 0 Å². The highest BCUT2D eigenvalue weighted by Gasteiger charge is 2.23. The number of rotatable bonds is 3. The summed E-state index contributed by atoms with van der Waals surface area (Å²) in [5.74, 6) is -0.302. The summed E-state index contributed by atoms with van der Waals surface area (Å²) in [6.45, 7) is 1.21. The summed E-state index contributed by atoms with van der Waals surface area (Å²) in [5, 5.41) is 2.68. The summed E-state index contributed by atoms with van der Waals surface area (Å²) in [6.07, 6.45) is 2.53. The number of nitrogens with zero attached hydrogens (tertiary/aromatic N) is 3. The van der Waals surface area contributed by atoms with Gasteiger partial charge in [-0.05, 0) is 12.1 Å². The molecule has 2 aromatic rings. The van der Waals surface area contributed by atoms with Gasteiger partial charge in [0.2, 0.25) is 5.91 Å². The van der Waals surface area contributed by atoms with Crippen LogP contribution in [-0.4, -0.2) is 39.4 Å². The molecule has 2 heterocycles. The van der Waals surface area contributed by atoms with Crippen LogP contribution in [-0.2, 0) is 24.8 Å². The molecule has 0 aliphatic carbocycles. The van der Waals surface area contributed by atoms with Gasteiger partial charge in [-0.3, -0.25) is 9.59 Å². The maximum Gasteiger partial charge on any atom is 0.251 e. The van der Waals surface area contributed by atoms with E-state index in [0.717, 1.165) is 17.8 Å². The lowest BCUT2D eigenvalue weighted by Crippen LogP contribution is -2.42. The molecule has 1 aromatic carbocycles. The Bertz CT molecular complexity index is 693. The molecule has 6 nitrogen and oxygen atoms in total. The van der Waals surface area contributed by atoms with E-state index >= 15 is 0 Å². The van der Waals surface area contributed by atoms with Gasteiger partial charge >= 0.3 is 0 Å². The second-order valence-corrected chi connectivity index (χ2v) is 5.36. The molecule has 114 valence electrons. The Morgan fingerprint density at radius 1 is 1.27 bits per heavy atom. The number of amides is 2. The molecule has 0 atom stereocenters. The van der Waals surface area contributed by atoms with Gasteiger partial charge in [-0.1, -0.05) is 18.2 Å². The van der Waals surface area contributed by atoms with E-state index in [0.29, 0.717) is 18.7 Å². The zero-order chi connectivity index (χ0) is 15.5. The summed E-state index contributed by atoms with van der Waals surface area (Å²) in [5.41, 5.74) is 2.68. The lowest BCUT2D eigenvalue weighted by molar-refractivity contribution is -0.131. The van der Waals surface area contributed by atoms with Gasteiger partial charge in [-0.15, -0.1) is 0 Å². The number of benzene rings is 1. The highest BCUT2D eigenvalue weighted by Crippen LogP contribution is 2.16. The van der Waals surface area contributed by atoms with Crippen molar-refractivity contribution in [3.05, 3.63) is 53.6 Å². The third-order valence-electron chi connectivity index (χ3n) is 3.89. The molecule has 2 amide bonds. The summed E-state index contributed by atoms with van der Waals surface area (Å²) in [6, 6.07) is 8.89. The van der Waals surface area contributed by atoms with E-state index in [1.54, 1.807) is 35.5 Å². The molecule has 0 saturated heterocycles. The SMILES string of the molecule is Cn1cnc2c1CN(C(=O)CNC(=O)c1ccccc1)CC2. The van der Waals surface area contributed by atoms with Crippen molar-refractivity contribution in [1.82, 2.24) is 19.8 Å². The fourth-order valence-corrected chi connectivity index (χ4v) is 2.59. The molecule has 0 radical (unpaired) electrons. The van der Waals surface area contributed by atoms with E-state index < -0.39 is 0 Å². The van der Waals surface area contributed by atoms with E-state index in [-0.39, 0.29) is 18.4 Å². The van der Waals surface area contributed by atoms with Crippen LogP contribution in [0.1, 0.15) is 21.7 Å². The summed E-state index contributed by atoms with van der Waals surface area (Å²) < 4.78 is 1.94. The maximum absolute atomic E-state index is 12.3. The molecule has 1 aliphatic heterocycles. The number of hydrogen-bond acceptors (Lipinski definition) is 3. The zero-order valence-corrected chi connectivity index (χ0v) is 12.5. The Morgan fingerprint density at radius 2 is 2.05 bits per heavy atom. The predicted molar refractivity (Wildman–Crippen MR) is 81.1 cm³/mol. The molecular weight excluding hydrogens is 280 g/mol. The topological polar surface area (TPSA) is 67.2 Å². The molecule has 1 N–H and O–H groups in total. The van der Waals surface area contributed by atoms with Gasteiger partial charge in [-0.25, -0.2) is 4.98 Å². The third-order valence-corrected chi connectivity index (χ3v) is 3.89. The Hall–Kier alpha value is -2.63. The van der Waals surface area contributed by atoms with Gasteiger partial charge in [0, 0.05) is 25.6 Å². The molecular formula is C16H18N4O2. The Kier molecular flexibility index (Phi) is 3.91. The van der Waals surface area contributed by atoms with Gasteiger partial charge in [0.1, 0.15) is 0 Å². The zero-order valence-electron chi connectivity index (χ0n) is 12.5. The van der Waals surface area contributed by atoms with Crippen molar-refractivity contribution >= 4 is 11.8 Å². The lowest BCUT2D eigenvalue weighted by Gasteiger charge is -2.27. The van der Waals surface area contributed by atoms with Gasteiger partial charge < -0.3 is 14.8 Å². The fourth-order valence-electron chi connectivity index (χ4n) is 2.59. The molecule has 6 heteroatoms. The first-order valence-corrected chi connectivity index (χ1v) is 7.25. The van der Waals surface area contributed by atoms with Crippen LogP contribution in [0.2, 0.25) is 0 Å².